The van der Waals surface area contributed by atoms with Crippen molar-refractivity contribution >= 4 is 17.5 Å². The molecule has 0 fully saturated rings. The van der Waals surface area contributed by atoms with E-state index in [1.54, 1.807) is 36.5 Å². The Hall–Kier alpha value is -2.73. The third-order valence-electron chi connectivity index (χ3n) is 4.24. The van der Waals surface area contributed by atoms with Gasteiger partial charge < -0.3 is 16.0 Å². The number of rotatable bonds is 5. The molecule has 0 aliphatic carbocycles. The van der Waals surface area contributed by atoms with Gasteiger partial charge in [0.1, 0.15) is 0 Å². The topological polar surface area (TPSA) is 88.3 Å². The van der Waals surface area contributed by atoms with E-state index < -0.39 is 6.04 Å². The Bertz CT molecular complexity index is 752. The maximum Gasteiger partial charge on any atom is 0.258 e. The fraction of sp³-hybridized carbons (Fsp3) is 0.350. The van der Waals surface area contributed by atoms with E-state index in [1.807, 2.05) is 45.0 Å². The first kappa shape index (κ1) is 19.6. The van der Waals surface area contributed by atoms with Crippen LogP contribution in [0.15, 0.2) is 48.8 Å². The van der Waals surface area contributed by atoms with Crippen molar-refractivity contribution in [1.29, 1.82) is 0 Å². The summed E-state index contributed by atoms with van der Waals surface area (Å²) < 4.78 is 0. The second kappa shape index (κ2) is 8.10. The van der Waals surface area contributed by atoms with Gasteiger partial charge in [-0.15, -0.1) is 0 Å². The molecule has 0 bridgehead atoms. The Kier molecular flexibility index (Phi) is 6.10. The number of hydrogen-bond donors (Lipinski definition) is 2. The molecule has 0 radical (unpaired) electrons. The summed E-state index contributed by atoms with van der Waals surface area (Å²) in [4.78, 5) is 30.0. The van der Waals surface area contributed by atoms with Crippen molar-refractivity contribution in [2.75, 3.05) is 11.9 Å². The summed E-state index contributed by atoms with van der Waals surface area (Å²) >= 11 is 0. The Morgan fingerprint density at radius 1 is 1.12 bits per heavy atom. The van der Waals surface area contributed by atoms with E-state index in [0.29, 0.717) is 12.1 Å². The van der Waals surface area contributed by atoms with Crippen molar-refractivity contribution in [3.63, 3.8) is 0 Å². The molecule has 26 heavy (non-hydrogen) atoms. The van der Waals surface area contributed by atoms with Gasteiger partial charge in [0.25, 0.3) is 5.91 Å². The summed E-state index contributed by atoms with van der Waals surface area (Å²) in [6, 6.07) is 10.3. The molecule has 0 aliphatic rings. The van der Waals surface area contributed by atoms with Crippen LogP contribution in [0.25, 0.3) is 0 Å². The third kappa shape index (κ3) is 4.89. The van der Waals surface area contributed by atoms with Gasteiger partial charge in [0, 0.05) is 37.2 Å². The molecule has 1 aromatic carbocycles. The SMILES string of the molecule is CN(C(=O)c1ccncc1)c1ccc(CNC(=O)[C@@H](N)C(C)(C)C)cc1. The van der Waals surface area contributed by atoms with E-state index in [1.165, 1.54) is 0 Å². The number of carbonyl (C=O) groups excluding carboxylic acids is 2. The second-order valence-corrected chi connectivity index (χ2v) is 7.33. The van der Waals surface area contributed by atoms with Crippen molar-refractivity contribution < 1.29 is 9.59 Å². The number of nitrogens with one attached hydrogen (secondary N) is 1. The molecule has 0 saturated carbocycles. The highest BCUT2D eigenvalue weighted by molar-refractivity contribution is 6.05. The summed E-state index contributed by atoms with van der Waals surface area (Å²) in [6.07, 6.45) is 3.18. The zero-order valence-electron chi connectivity index (χ0n) is 15.7. The highest BCUT2D eigenvalue weighted by Gasteiger charge is 2.27. The van der Waals surface area contributed by atoms with Gasteiger partial charge in [-0.3, -0.25) is 14.6 Å². The molecule has 2 aromatic rings. The van der Waals surface area contributed by atoms with Crippen molar-refractivity contribution in [3.8, 4) is 0 Å². The lowest BCUT2D eigenvalue weighted by Gasteiger charge is -2.25. The van der Waals surface area contributed by atoms with Crippen LogP contribution in [-0.2, 0) is 11.3 Å². The van der Waals surface area contributed by atoms with Crippen molar-refractivity contribution in [2.24, 2.45) is 11.1 Å². The Labute approximate surface area is 154 Å². The van der Waals surface area contributed by atoms with Crippen LogP contribution in [0.1, 0.15) is 36.7 Å². The average Bonchev–Trinajstić information content (AvgIpc) is 2.64. The van der Waals surface area contributed by atoms with Gasteiger partial charge in [-0.1, -0.05) is 32.9 Å². The van der Waals surface area contributed by atoms with Gasteiger partial charge in [-0.2, -0.15) is 0 Å². The third-order valence-corrected chi connectivity index (χ3v) is 4.24. The summed E-state index contributed by atoms with van der Waals surface area (Å²) in [5.74, 6) is -0.281. The van der Waals surface area contributed by atoms with E-state index in [4.69, 9.17) is 5.73 Å². The first-order valence-electron chi connectivity index (χ1n) is 8.50. The van der Waals surface area contributed by atoms with Crippen LogP contribution in [0, 0.1) is 5.41 Å². The Balaban J connectivity index is 1.98. The molecular formula is C20H26N4O2. The minimum absolute atomic E-state index is 0.107. The zero-order chi connectivity index (χ0) is 19.3. The maximum atomic E-state index is 12.4. The minimum atomic E-state index is -0.564. The standard InChI is InChI=1S/C20H26N4O2/c1-20(2,3)17(21)18(25)23-13-14-5-7-16(8-6-14)24(4)19(26)15-9-11-22-12-10-15/h5-12,17H,13,21H2,1-4H3,(H,23,25)/t17-/m1/s1. The summed E-state index contributed by atoms with van der Waals surface area (Å²) in [6.45, 7) is 6.19. The van der Waals surface area contributed by atoms with Crippen LogP contribution in [-0.4, -0.2) is 29.9 Å². The smallest absolute Gasteiger partial charge is 0.258 e. The lowest BCUT2D eigenvalue weighted by atomic mass is 9.87. The van der Waals surface area contributed by atoms with Crippen LogP contribution < -0.4 is 16.0 Å². The lowest BCUT2D eigenvalue weighted by Crippen LogP contribution is -2.48. The van der Waals surface area contributed by atoms with Crippen LogP contribution in [0.4, 0.5) is 5.69 Å². The molecule has 6 heteroatoms. The molecule has 0 saturated heterocycles. The fourth-order valence-corrected chi connectivity index (χ4v) is 2.34. The number of nitrogens with zero attached hydrogens (tertiary/aromatic N) is 2. The predicted octanol–water partition coefficient (Wildman–Crippen LogP) is 2.35. The molecule has 2 rings (SSSR count). The van der Waals surface area contributed by atoms with E-state index >= 15 is 0 Å². The zero-order valence-corrected chi connectivity index (χ0v) is 15.7. The summed E-state index contributed by atoms with van der Waals surface area (Å²) in [5.41, 5.74) is 7.95. The highest BCUT2D eigenvalue weighted by atomic mass is 16.2. The quantitative estimate of drug-likeness (QED) is 0.863. The van der Waals surface area contributed by atoms with E-state index in [-0.39, 0.29) is 17.2 Å². The van der Waals surface area contributed by atoms with Gasteiger partial charge in [0.2, 0.25) is 5.91 Å². The van der Waals surface area contributed by atoms with Crippen LogP contribution >= 0.6 is 0 Å². The molecule has 1 aromatic heterocycles. The molecule has 0 spiro atoms. The summed E-state index contributed by atoms with van der Waals surface area (Å²) in [5, 5.41) is 2.85. The van der Waals surface area contributed by atoms with Crippen LogP contribution in [0.3, 0.4) is 0 Å². The molecule has 1 heterocycles. The number of anilines is 1. The largest absolute Gasteiger partial charge is 0.351 e. The first-order chi connectivity index (χ1) is 12.2. The molecule has 0 aliphatic heterocycles. The van der Waals surface area contributed by atoms with Gasteiger partial charge >= 0.3 is 0 Å². The number of hydrogen-bond acceptors (Lipinski definition) is 4. The fourth-order valence-electron chi connectivity index (χ4n) is 2.34. The van der Waals surface area contributed by atoms with E-state index in [2.05, 4.69) is 10.3 Å². The normalized spacial score (nSPS) is 12.3. The van der Waals surface area contributed by atoms with E-state index in [0.717, 1.165) is 11.3 Å². The Morgan fingerprint density at radius 2 is 1.69 bits per heavy atom. The van der Waals surface area contributed by atoms with Gasteiger partial charge in [0.05, 0.1) is 6.04 Å². The van der Waals surface area contributed by atoms with Gasteiger partial charge in [-0.05, 0) is 35.2 Å². The van der Waals surface area contributed by atoms with Crippen LogP contribution in [0.5, 0.6) is 0 Å². The predicted molar refractivity (Wildman–Crippen MR) is 103 cm³/mol. The number of benzene rings is 1. The second-order valence-electron chi connectivity index (χ2n) is 7.33. The van der Waals surface area contributed by atoms with Gasteiger partial charge in [0.15, 0.2) is 0 Å². The Morgan fingerprint density at radius 3 is 2.23 bits per heavy atom. The highest BCUT2D eigenvalue weighted by Crippen LogP contribution is 2.18. The average molecular weight is 354 g/mol. The van der Waals surface area contributed by atoms with Crippen molar-refractivity contribution in [3.05, 3.63) is 59.9 Å². The molecule has 2 amide bonds. The molecule has 0 unspecified atom stereocenters. The van der Waals surface area contributed by atoms with E-state index in [9.17, 15) is 9.59 Å². The molecule has 6 nitrogen and oxygen atoms in total. The van der Waals surface area contributed by atoms with Gasteiger partial charge in [-0.25, -0.2) is 0 Å². The molecule has 1 atom stereocenters. The maximum absolute atomic E-state index is 12.4. The molecular weight excluding hydrogens is 328 g/mol. The number of carbonyl (C=O) groups is 2. The number of aromatic nitrogens is 1. The van der Waals surface area contributed by atoms with Crippen molar-refractivity contribution in [2.45, 2.75) is 33.4 Å². The minimum Gasteiger partial charge on any atom is -0.351 e. The van der Waals surface area contributed by atoms with Crippen molar-refractivity contribution in [1.82, 2.24) is 10.3 Å². The monoisotopic (exact) mass is 354 g/mol. The number of amides is 2. The first-order valence-corrected chi connectivity index (χ1v) is 8.50. The number of nitrogens with two attached hydrogens (primary N) is 1. The lowest BCUT2D eigenvalue weighted by molar-refractivity contribution is -0.124. The summed E-state index contributed by atoms with van der Waals surface area (Å²) in [7, 11) is 1.72. The molecule has 3 N–H and O–H groups in total. The number of pyridine rings is 1. The molecule has 138 valence electrons. The van der Waals surface area contributed by atoms with Crippen LogP contribution in [0.2, 0.25) is 0 Å².